The number of aromatic nitrogens is 3. The Morgan fingerprint density at radius 2 is 2.09 bits per heavy atom. The highest BCUT2D eigenvalue weighted by Crippen LogP contribution is 2.35. The lowest BCUT2D eigenvalue weighted by Gasteiger charge is -2.28. The molecule has 0 unspecified atom stereocenters. The van der Waals surface area contributed by atoms with Gasteiger partial charge in [-0.15, -0.1) is 5.10 Å². The maximum absolute atomic E-state index is 13.1. The largest absolute Gasteiger partial charge is 0.490 e. The number of nitriles is 1. The zero-order valence-corrected chi connectivity index (χ0v) is 11.7. The van der Waals surface area contributed by atoms with Crippen molar-refractivity contribution in [3.05, 3.63) is 30.0 Å². The maximum atomic E-state index is 13.1. The third kappa shape index (κ3) is 3.06. The first-order chi connectivity index (χ1) is 10.6. The van der Waals surface area contributed by atoms with E-state index in [4.69, 9.17) is 10.00 Å². The Morgan fingerprint density at radius 1 is 1.32 bits per heavy atom. The summed E-state index contributed by atoms with van der Waals surface area (Å²) in [6, 6.07) is 9.05. The van der Waals surface area contributed by atoms with Gasteiger partial charge in [-0.05, 0) is 25.0 Å². The molecule has 1 saturated carbocycles. The third-order valence-electron chi connectivity index (χ3n) is 3.73. The van der Waals surface area contributed by atoms with Gasteiger partial charge in [0, 0.05) is 18.4 Å². The van der Waals surface area contributed by atoms with Gasteiger partial charge in [0.1, 0.15) is 17.5 Å². The quantitative estimate of drug-likeness (QED) is 0.944. The number of halogens is 2. The van der Waals surface area contributed by atoms with E-state index in [-0.39, 0.29) is 24.6 Å². The monoisotopic (exact) mass is 304 g/mol. The first-order valence-electron chi connectivity index (χ1n) is 7.03. The number of rotatable bonds is 3. The molecule has 1 fully saturated rings. The minimum atomic E-state index is -2.57. The number of ether oxygens (including phenoxy) is 1. The predicted octanol–water partition coefficient (Wildman–Crippen LogP) is 3.30. The Balaban J connectivity index is 1.74. The fourth-order valence-electron chi connectivity index (χ4n) is 2.55. The second kappa shape index (κ2) is 5.72. The highest BCUT2D eigenvalue weighted by molar-refractivity contribution is 5.65. The van der Waals surface area contributed by atoms with Crippen LogP contribution in [0.1, 0.15) is 31.4 Å². The van der Waals surface area contributed by atoms with Crippen molar-refractivity contribution in [2.75, 3.05) is 0 Å². The first kappa shape index (κ1) is 14.4. The van der Waals surface area contributed by atoms with Crippen molar-refractivity contribution in [3.63, 3.8) is 0 Å². The molecular weight excluding hydrogens is 290 g/mol. The standard InChI is InChI=1S/C15H14F2N4O/c16-15(17)6-4-11(5-7-15)22-12-3-1-2-10(8-12)14-13(9-18)19-21-20-14/h1-3,8,11H,4-7H2,(H,19,20,21). The van der Waals surface area contributed by atoms with Crippen LogP contribution in [0.15, 0.2) is 24.3 Å². The maximum Gasteiger partial charge on any atom is 0.248 e. The number of aromatic amines is 1. The lowest BCUT2D eigenvalue weighted by Crippen LogP contribution is -2.30. The van der Waals surface area contributed by atoms with Gasteiger partial charge in [-0.1, -0.05) is 17.3 Å². The molecule has 0 aliphatic heterocycles. The second-order valence-electron chi connectivity index (χ2n) is 5.35. The molecule has 1 aromatic carbocycles. The van der Waals surface area contributed by atoms with E-state index in [0.717, 1.165) is 0 Å². The van der Waals surface area contributed by atoms with Crippen LogP contribution in [0.25, 0.3) is 11.3 Å². The molecule has 1 aromatic heterocycles. The van der Waals surface area contributed by atoms with Crippen LogP contribution in [0.3, 0.4) is 0 Å². The van der Waals surface area contributed by atoms with E-state index in [1.807, 2.05) is 6.07 Å². The Bertz CT molecular complexity index is 698. The van der Waals surface area contributed by atoms with E-state index >= 15 is 0 Å². The molecule has 1 aliphatic carbocycles. The summed E-state index contributed by atoms with van der Waals surface area (Å²) in [5.41, 5.74) is 1.42. The molecule has 0 amide bonds. The van der Waals surface area contributed by atoms with Gasteiger partial charge >= 0.3 is 0 Å². The summed E-state index contributed by atoms with van der Waals surface area (Å²) in [5, 5.41) is 19.0. The van der Waals surface area contributed by atoms with Crippen LogP contribution >= 0.6 is 0 Å². The summed E-state index contributed by atoms with van der Waals surface area (Å²) in [6.45, 7) is 0. The van der Waals surface area contributed by atoms with E-state index in [1.54, 1.807) is 24.3 Å². The van der Waals surface area contributed by atoms with Gasteiger partial charge in [0.25, 0.3) is 0 Å². The SMILES string of the molecule is N#Cc1[nH]nnc1-c1cccc(OC2CCC(F)(F)CC2)c1. The van der Waals surface area contributed by atoms with Crippen molar-refractivity contribution in [2.24, 2.45) is 0 Å². The highest BCUT2D eigenvalue weighted by atomic mass is 19.3. The smallest absolute Gasteiger partial charge is 0.248 e. The average molecular weight is 304 g/mol. The van der Waals surface area contributed by atoms with E-state index in [2.05, 4.69) is 15.4 Å². The number of benzene rings is 1. The Kier molecular flexibility index (Phi) is 3.75. The normalized spacial score (nSPS) is 17.9. The fourth-order valence-corrected chi connectivity index (χ4v) is 2.55. The molecule has 0 spiro atoms. The van der Waals surface area contributed by atoms with Crippen LogP contribution in [-0.2, 0) is 0 Å². The van der Waals surface area contributed by atoms with Gasteiger partial charge in [-0.2, -0.15) is 5.26 Å². The van der Waals surface area contributed by atoms with Crippen LogP contribution in [0.4, 0.5) is 8.78 Å². The molecule has 1 aliphatic rings. The van der Waals surface area contributed by atoms with Gasteiger partial charge in [0.15, 0.2) is 5.69 Å². The van der Waals surface area contributed by atoms with Crippen LogP contribution in [0, 0.1) is 11.3 Å². The van der Waals surface area contributed by atoms with Gasteiger partial charge in [0.05, 0.1) is 6.10 Å². The van der Waals surface area contributed by atoms with Crippen LogP contribution in [-0.4, -0.2) is 27.4 Å². The molecule has 0 saturated heterocycles. The van der Waals surface area contributed by atoms with Crippen molar-refractivity contribution in [1.29, 1.82) is 5.26 Å². The summed E-state index contributed by atoms with van der Waals surface area (Å²) in [7, 11) is 0. The van der Waals surface area contributed by atoms with E-state index in [0.29, 0.717) is 29.8 Å². The number of nitrogens with one attached hydrogen (secondary N) is 1. The predicted molar refractivity (Wildman–Crippen MR) is 74.4 cm³/mol. The Hall–Kier alpha value is -2.49. The molecule has 0 atom stereocenters. The molecule has 1 heterocycles. The number of nitrogens with zero attached hydrogens (tertiary/aromatic N) is 3. The molecule has 0 bridgehead atoms. The number of alkyl halides is 2. The van der Waals surface area contributed by atoms with Crippen molar-refractivity contribution < 1.29 is 13.5 Å². The zero-order valence-electron chi connectivity index (χ0n) is 11.7. The fraction of sp³-hybridized carbons (Fsp3) is 0.400. The van der Waals surface area contributed by atoms with Crippen LogP contribution < -0.4 is 4.74 Å². The number of hydrogen-bond donors (Lipinski definition) is 1. The Labute approximate surface area is 125 Å². The minimum Gasteiger partial charge on any atom is -0.490 e. The number of hydrogen-bond acceptors (Lipinski definition) is 4. The molecule has 5 nitrogen and oxygen atoms in total. The average Bonchev–Trinajstić information content (AvgIpc) is 2.98. The van der Waals surface area contributed by atoms with Gasteiger partial charge in [0.2, 0.25) is 5.92 Å². The van der Waals surface area contributed by atoms with Gasteiger partial charge in [-0.3, -0.25) is 0 Å². The molecule has 3 rings (SSSR count). The second-order valence-corrected chi connectivity index (χ2v) is 5.35. The van der Waals surface area contributed by atoms with E-state index in [9.17, 15) is 8.78 Å². The molecule has 1 N–H and O–H groups in total. The molecule has 7 heteroatoms. The summed E-state index contributed by atoms with van der Waals surface area (Å²) < 4.78 is 32.1. The Morgan fingerprint density at radius 3 is 2.82 bits per heavy atom. The van der Waals surface area contributed by atoms with Crippen LogP contribution in [0.5, 0.6) is 5.75 Å². The molecule has 22 heavy (non-hydrogen) atoms. The summed E-state index contributed by atoms with van der Waals surface area (Å²) in [6.07, 6.45) is 0.191. The summed E-state index contributed by atoms with van der Waals surface area (Å²) >= 11 is 0. The lowest BCUT2D eigenvalue weighted by molar-refractivity contribution is -0.0582. The molecule has 114 valence electrons. The van der Waals surface area contributed by atoms with Crippen molar-refractivity contribution in [3.8, 4) is 23.1 Å². The number of H-pyrrole nitrogens is 1. The van der Waals surface area contributed by atoms with Crippen molar-refractivity contribution >= 4 is 0 Å². The van der Waals surface area contributed by atoms with Gasteiger partial charge < -0.3 is 4.74 Å². The third-order valence-corrected chi connectivity index (χ3v) is 3.73. The van der Waals surface area contributed by atoms with Crippen molar-refractivity contribution in [2.45, 2.75) is 37.7 Å². The van der Waals surface area contributed by atoms with E-state index in [1.165, 1.54) is 0 Å². The molecule has 2 aromatic rings. The highest BCUT2D eigenvalue weighted by Gasteiger charge is 2.35. The molecule has 0 radical (unpaired) electrons. The lowest BCUT2D eigenvalue weighted by atomic mass is 9.94. The molecular formula is C15H14F2N4O. The van der Waals surface area contributed by atoms with Gasteiger partial charge in [-0.25, -0.2) is 13.9 Å². The zero-order chi connectivity index (χ0) is 15.6. The minimum absolute atomic E-state index is 0.140. The summed E-state index contributed by atoms with van der Waals surface area (Å²) in [5.74, 6) is -1.98. The van der Waals surface area contributed by atoms with E-state index < -0.39 is 5.92 Å². The topological polar surface area (TPSA) is 74.6 Å². The van der Waals surface area contributed by atoms with Crippen LogP contribution in [0.2, 0.25) is 0 Å². The first-order valence-corrected chi connectivity index (χ1v) is 7.03. The van der Waals surface area contributed by atoms with Crippen molar-refractivity contribution in [1.82, 2.24) is 15.4 Å². The summed E-state index contributed by atoms with van der Waals surface area (Å²) in [4.78, 5) is 0.